The molecule has 3 aromatic carbocycles. The molecule has 0 aliphatic heterocycles. The van der Waals surface area contributed by atoms with E-state index in [-0.39, 0.29) is 5.91 Å². The summed E-state index contributed by atoms with van der Waals surface area (Å²) < 4.78 is 1.88. The van der Waals surface area contributed by atoms with Gasteiger partial charge >= 0.3 is 0 Å². The summed E-state index contributed by atoms with van der Waals surface area (Å²) in [7, 11) is 0. The van der Waals surface area contributed by atoms with Crippen molar-refractivity contribution in [1.82, 2.24) is 20.2 Å². The number of carbonyl (C=O) groups excluding carboxylic acids is 1. The minimum atomic E-state index is -0.294. The maximum atomic E-state index is 13.2. The van der Waals surface area contributed by atoms with E-state index in [1.54, 1.807) is 6.21 Å². The number of benzene rings is 3. The molecule has 0 fully saturated rings. The number of pyridine rings is 1. The predicted molar refractivity (Wildman–Crippen MR) is 135 cm³/mol. The van der Waals surface area contributed by atoms with E-state index in [4.69, 9.17) is 4.98 Å². The number of rotatable bonds is 5. The van der Waals surface area contributed by atoms with Crippen molar-refractivity contribution in [2.24, 2.45) is 5.10 Å². The molecule has 0 saturated heterocycles. The number of carbonyl (C=O) groups is 1. The van der Waals surface area contributed by atoms with Crippen molar-refractivity contribution >= 4 is 23.0 Å². The van der Waals surface area contributed by atoms with Crippen molar-refractivity contribution in [2.75, 3.05) is 0 Å². The third-order valence-electron chi connectivity index (χ3n) is 5.74. The van der Waals surface area contributed by atoms with Gasteiger partial charge in [-0.1, -0.05) is 66.7 Å². The highest BCUT2D eigenvalue weighted by Gasteiger charge is 2.14. The van der Waals surface area contributed by atoms with Crippen molar-refractivity contribution in [3.63, 3.8) is 0 Å². The maximum absolute atomic E-state index is 13.2. The lowest BCUT2D eigenvalue weighted by atomic mass is 10.0. The van der Waals surface area contributed by atoms with Gasteiger partial charge in [0.15, 0.2) is 0 Å². The van der Waals surface area contributed by atoms with Crippen molar-refractivity contribution in [3.8, 4) is 16.9 Å². The Labute approximate surface area is 197 Å². The normalized spacial score (nSPS) is 11.2. The van der Waals surface area contributed by atoms with E-state index in [9.17, 15) is 4.79 Å². The second-order valence-electron chi connectivity index (χ2n) is 7.97. The van der Waals surface area contributed by atoms with E-state index < -0.39 is 0 Å². The summed E-state index contributed by atoms with van der Waals surface area (Å²) in [5.41, 5.74) is 9.28. The Hall–Kier alpha value is -4.58. The SMILES string of the molecule is Cc1nn(-c2ccccc2)c(C)c1/C=N\NC(=O)c1cc(-c2ccccc2)nc2ccccc12. The van der Waals surface area contributed by atoms with Crippen LogP contribution in [0.4, 0.5) is 0 Å². The highest BCUT2D eigenvalue weighted by Crippen LogP contribution is 2.25. The smallest absolute Gasteiger partial charge is 0.267 e. The molecule has 0 aliphatic rings. The zero-order valence-corrected chi connectivity index (χ0v) is 18.9. The van der Waals surface area contributed by atoms with Gasteiger partial charge in [0.2, 0.25) is 0 Å². The van der Waals surface area contributed by atoms with Crippen molar-refractivity contribution in [3.05, 3.63) is 114 Å². The number of nitrogens with zero attached hydrogens (tertiary/aromatic N) is 4. The van der Waals surface area contributed by atoms with E-state index >= 15 is 0 Å². The lowest BCUT2D eigenvalue weighted by Crippen LogP contribution is -2.18. The fourth-order valence-electron chi connectivity index (χ4n) is 4.00. The number of nitrogens with one attached hydrogen (secondary N) is 1. The average molecular weight is 446 g/mol. The summed E-state index contributed by atoms with van der Waals surface area (Å²) in [5, 5.41) is 9.66. The average Bonchev–Trinajstić information content (AvgIpc) is 3.17. The maximum Gasteiger partial charge on any atom is 0.272 e. The molecule has 2 heterocycles. The minimum Gasteiger partial charge on any atom is -0.267 e. The topological polar surface area (TPSA) is 72.2 Å². The van der Waals surface area contributed by atoms with E-state index in [1.807, 2.05) is 110 Å². The van der Waals surface area contributed by atoms with Crippen LogP contribution in [0.5, 0.6) is 0 Å². The van der Waals surface area contributed by atoms with Crippen LogP contribution in [-0.2, 0) is 0 Å². The van der Waals surface area contributed by atoms with Crippen LogP contribution >= 0.6 is 0 Å². The minimum absolute atomic E-state index is 0.294. The number of aromatic nitrogens is 3. The second-order valence-corrected chi connectivity index (χ2v) is 7.97. The Kier molecular flexibility index (Phi) is 5.70. The lowest BCUT2D eigenvalue weighted by Gasteiger charge is -2.09. The van der Waals surface area contributed by atoms with Gasteiger partial charge in [-0.25, -0.2) is 15.1 Å². The molecule has 0 aliphatic carbocycles. The van der Waals surface area contributed by atoms with Gasteiger partial charge in [0.05, 0.1) is 40.1 Å². The van der Waals surface area contributed by atoms with Gasteiger partial charge in [-0.15, -0.1) is 0 Å². The molecule has 0 atom stereocenters. The lowest BCUT2D eigenvalue weighted by molar-refractivity contribution is 0.0956. The first-order valence-electron chi connectivity index (χ1n) is 11.0. The molecule has 1 amide bonds. The number of para-hydroxylation sites is 2. The molecular formula is C28H23N5O. The zero-order chi connectivity index (χ0) is 23.5. The number of hydrogen-bond donors (Lipinski definition) is 1. The van der Waals surface area contributed by atoms with Crippen LogP contribution < -0.4 is 5.43 Å². The molecular weight excluding hydrogens is 422 g/mol. The van der Waals surface area contributed by atoms with E-state index in [2.05, 4.69) is 15.6 Å². The first-order chi connectivity index (χ1) is 16.6. The molecule has 0 unspecified atom stereocenters. The first-order valence-corrected chi connectivity index (χ1v) is 11.0. The molecule has 34 heavy (non-hydrogen) atoms. The first kappa shape index (κ1) is 21.3. The predicted octanol–water partition coefficient (Wildman–Crippen LogP) is 5.47. The Morgan fingerprint density at radius 1 is 0.912 bits per heavy atom. The molecule has 166 valence electrons. The van der Waals surface area contributed by atoms with Gasteiger partial charge in [-0.2, -0.15) is 10.2 Å². The molecule has 0 radical (unpaired) electrons. The standard InChI is InChI=1S/C28H23N5O/c1-19-25(20(2)33(32-19)22-13-7-4-8-14-22)18-29-31-28(34)24-17-27(21-11-5-3-6-12-21)30-26-16-10-9-15-23(24)26/h3-18H,1-2H3,(H,31,34)/b29-18-. The number of amides is 1. The van der Waals surface area contributed by atoms with Crippen LogP contribution in [0.3, 0.4) is 0 Å². The van der Waals surface area contributed by atoms with Crippen LogP contribution in [-0.4, -0.2) is 26.9 Å². The molecule has 2 aromatic heterocycles. The van der Waals surface area contributed by atoms with Crippen LogP contribution in [0, 0.1) is 13.8 Å². The summed E-state index contributed by atoms with van der Waals surface area (Å²) in [6.45, 7) is 3.91. The van der Waals surface area contributed by atoms with Crippen LogP contribution in [0.15, 0.2) is 96.1 Å². The summed E-state index contributed by atoms with van der Waals surface area (Å²) >= 11 is 0. The third-order valence-corrected chi connectivity index (χ3v) is 5.74. The van der Waals surface area contributed by atoms with Gasteiger partial charge in [0, 0.05) is 16.5 Å². The molecule has 0 saturated carbocycles. The summed E-state index contributed by atoms with van der Waals surface area (Å²) in [4.78, 5) is 17.9. The zero-order valence-electron chi connectivity index (χ0n) is 18.9. The molecule has 0 spiro atoms. The van der Waals surface area contributed by atoms with Gasteiger partial charge in [0.25, 0.3) is 5.91 Å². The van der Waals surface area contributed by atoms with Crippen LogP contribution in [0.1, 0.15) is 27.3 Å². The van der Waals surface area contributed by atoms with Crippen LogP contribution in [0.25, 0.3) is 27.8 Å². The summed E-state index contributed by atoms with van der Waals surface area (Å²) in [6.07, 6.45) is 1.65. The van der Waals surface area contributed by atoms with Crippen LogP contribution in [0.2, 0.25) is 0 Å². The second kappa shape index (κ2) is 9.11. The van der Waals surface area contributed by atoms with Crippen molar-refractivity contribution in [2.45, 2.75) is 13.8 Å². The molecule has 5 aromatic rings. The van der Waals surface area contributed by atoms with Crippen molar-refractivity contribution < 1.29 is 4.79 Å². The molecule has 5 rings (SSSR count). The largest absolute Gasteiger partial charge is 0.272 e. The summed E-state index contributed by atoms with van der Waals surface area (Å²) in [5.74, 6) is -0.294. The Morgan fingerprint density at radius 3 is 2.35 bits per heavy atom. The fourth-order valence-corrected chi connectivity index (χ4v) is 4.00. The molecule has 0 bridgehead atoms. The van der Waals surface area contributed by atoms with Crippen molar-refractivity contribution in [1.29, 1.82) is 0 Å². The molecule has 6 heteroatoms. The van der Waals surface area contributed by atoms with E-state index in [1.165, 1.54) is 0 Å². The Bertz CT molecular complexity index is 1500. The van der Waals surface area contributed by atoms with Gasteiger partial charge < -0.3 is 0 Å². The molecule has 6 nitrogen and oxygen atoms in total. The molecule has 1 N–H and O–H groups in total. The van der Waals surface area contributed by atoms with Gasteiger partial charge in [-0.05, 0) is 38.1 Å². The quantitative estimate of drug-likeness (QED) is 0.288. The number of fused-ring (bicyclic) bond motifs is 1. The fraction of sp³-hybridized carbons (Fsp3) is 0.0714. The van der Waals surface area contributed by atoms with E-state index in [0.29, 0.717) is 5.56 Å². The highest BCUT2D eigenvalue weighted by atomic mass is 16.2. The highest BCUT2D eigenvalue weighted by molar-refractivity contribution is 6.07. The monoisotopic (exact) mass is 445 g/mol. The van der Waals surface area contributed by atoms with Gasteiger partial charge in [-0.3, -0.25) is 4.79 Å². The number of aryl methyl sites for hydroxylation is 1. The van der Waals surface area contributed by atoms with E-state index in [0.717, 1.165) is 44.8 Å². The third kappa shape index (κ3) is 4.09. The Morgan fingerprint density at radius 2 is 1.59 bits per heavy atom. The van der Waals surface area contributed by atoms with Gasteiger partial charge in [0.1, 0.15) is 0 Å². The summed E-state index contributed by atoms with van der Waals surface area (Å²) in [6, 6.07) is 29.2. The number of hydrogen-bond acceptors (Lipinski definition) is 4. The number of hydrazone groups is 1. The Balaban J connectivity index is 1.44.